The first-order valence-electron chi connectivity index (χ1n) is 10.8. The van der Waals surface area contributed by atoms with Crippen LogP contribution in [0.25, 0.3) is 11.3 Å². The molecular formula is C25H27N3O4. The van der Waals surface area contributed by atoms with Crippen molar-refractivity contribution >= 4 is 17.6 Å². The van der Waals surface area contributed by atoms with Crippen LogP contribution in [-0.2, 0) is 17.8 Å². The van der Waals surface area contributed by atoms with Gasteiger partial charge in [-0.2, -0.15) is 0 Å². The zero-order valence-corrected chi connectivity index (χ0v) is 18.3. The molecule has 0 radical (unpaired) electrons. The lowest BCUT2D eigenvalue weighted by atomic mass is 10.0. The van der Waals surface area contributed by atoms with Gasteiger partial charge in [-0.25, -0.2) is 4.98 Å². The second-order valence-corrected chi connectivity index (χ2v) is 8.19. The number of benzene rings is 2. The van der Waals surface area contributed by atoms with Gasteiger partial charge in [0, 0.05) is 37.6 Å². The van der Waals surface area contributed by atoms with E-state index >= 15 is 0 Å². The SMILES string of the molecule is Cc1nc2c(o1)-c1ccccc1N(C(=O)c1ccc(CN)c(C)c1)CC2.O=C(O)C1CC1. The van der Waals surface area contributed by atoms with E-state index in [0.29, 0.717) is 31.0 Å². The van der Waals surface area contributed by atoms with E-state index in [2.05, 4.69) is 4.98 Å². The Bertz CT molecular complexity index is 1160. The molecule has 0 saturated heterocycles. The number of carbonyl (C=O) groups excluding carboxylic acids is 1. The van der Waals surface area contributed by atoms with Gasteiger partial charge in [-0.15, -0.1) is 0 Å². The number of carbonyl (C=O) groups is 2. The molecule has 1 aliphatic carbocycles. The topological polar surface area (TPSA) is 110 Å². The van der Waals surface area contributed by atoms with Gasteiger partial charge in [0.2, 0.25) is 0 Å². The van der Waals surface area contributed by atoms with Crippen molar-refractivity contribution in [3.05, 3.63) is 70.7 Å². The fraction of sp³-hybridized carbons (Fsp3) is 0.320. The quantitative estimate of drug-likeness (QED) is 0.643. The molecule has 1 fully saturated rings. The number of hydrogen-bond donors (Lipinski definition) is 2. The molecule has 32 heavy (non-hydrogen) atoms. The molecule has 7 nitrogen and oxygen atoms in total. The van der Waals surface area contributed by atoms with Gasteiger partial charge in [-0.1, -0.05) is 18.2 Å². The van der Waals surface area contributed by atoms with Crippen LogP contribution in [0.5, 0.6) is 0 Å². The van der Waals surface area contributed by atoms with E-state index in [9.17, 15) is 9.59 Å². The summed E-state index contributed by atoms with van der Waals surface area (Å²) in [5, 5.41) is 8.05. The molecule has 5 rings (SSSR count). The number of amides is 1. The van der Waals surface area contributed by atoms with Gasteiger partial charge in [0.05, 0.1) is 17.3 Å². The summed E-state index contributed by atoms with van der Waals surface area (Å²) in [6.07, 6.45) is 2.46. The van der Waals surface area contributed by atoms with Gasteiger partial charge in [-0.3, -0.25) is 9.59 Å². The van der Waals surface area contributed by atoms with Crippen molar-refractivity contribution in [3.63, 3.8) is 0 Å². The number of aliphatic carboxylic acids is 1. The molecule has 0 bridgehead atoms. The van der Waals surface area contributed by atoms with Crippen LogP contribution in [0.4, 0.5) is 5.69 Å². The first-order valence-corrected chi connectivity index (χ1v) is 10.8. The lowest BCUT2D eigenvalue weighted by Crippen LogP contribution is -2.32. The van der Waals surface area contributed by atoms with Crippen LogP contribution < -0.4 is 10.6 Å². The number of carboxylic acids is 1. The van der Waals surface area contributed by atoms with Crippen molar-refractivity contribution in [2.75, 3.05) is 11.4 Å². The summed E-state index contributed by atoms with van der Waals surface area (Å²) >= 11 is 0. The highest BCUT2D eigenvalue weighted by atomic mass is 16.4. The van der Waals surface area contributed by atoms with Gasteiger partial charge in [0.15, 0.2) is 11.7 Å². The Morgan fingerprint density at radius 3 is 2.56 bits per heavy atom. The molecule has 2 aromatic carbocycles. The van der Waals surface area contributed by atoms with Crippen molar-refractivity contribution in [1.29, 1.82) is 0 Å². The average Bonchev–Trinajstić information content (AvgIpc) is 3.59. The third-order valence-electron chi connectivity index (χ3n) is 5.80. The lowest BCUT2D eigenvalue weighted by Gasteiger charge is -2.23. The molecule has 1 saturated carbocycles. The summed E-state index contributed by atoms with van der Waals surface area (Å²) in [5.41, 5.74) is 11.2. The van der Waals surface area contributed by atoms with E-state index < -0.39 is 5.97 Å². The first kappa shape index (κ1) is 21.8. The number of nitrogens with two attached hydrogens (primary N) is 1. The Labute approximate surface area is 186 Å². The fourth-order valence-corrected chi connectivity index (χ4v) is 3.84. The number of carboxylic acid groups (broad SMARTS) is 1. The number of aromatic nitrogens is 1. The Morgan fingerprint density at radius 2 is 1.94 bits per heavy atom. The summed E-state index contributed by atoms with van der Waals surface area (Å²) in [7, 11) is 0. The Balaban J connectivity index is 0.000000354. The van der Waals surface area contributed by atoms with Crippen LogP contribution in [0, 0.1) is 19.8 Å². The van der Waals surface area contributed by atoms with Crippen molar-refractivity contribution in [2.45, 2.75) is 39.7 Å². The van der Waals surface area contributed by atoms with E-state index in [1.54, 1.807) is 0 Å². The van der Waals surface area contributed by atoms with Crippen LogP contribution in [0.2, 0.25) is 0 Å². The summed E-state index contributed by atoms with van der Waals surface area (Å²) < 4.78 is 5.83. The van der Waals surface area contributed by atoms with Crippen molar-refractivity contribution in [1.82, 2.24) is 4.98 Å². The maximum absolute atomic E-state index is 13.3. The lowest BCUT2D eigenvalue weighted by molar-refractivity contribution is -0.138. The molecule has 2 aliphatic rings. The molecule has 3 N–H and O–H groups in total. The van der Waals surface area contributed by atoms with Gasteiger partial charge < -0.3 is 20.2 Å². The van der Waals surface area contributed by atoms with E-state index in [4.69, 9.17) is 15.3 Å². The number of anilines is 1. The van der Waals surface area contributed by atoms with E-state index in [0.717, 1.165) is 46.7 Å². The monoisotopic (exact) mass is 433 g/mol. The number of oxazole rings is 1. The normalized spacial score (nSPS) is 14.5. The van der Waals surface area contributed by atoms with Gasteiger partial charge in [0.1, 0.15) is 0 Å². The molecule has 2 heterocycles. The second-order valence-electron chi connectivity index (χ2n) is 8.19. The minimum atomic E-state index is -0.630. The molecule has 1 amide bonds. The van der Waals surface area contributed by atoms with Crippen LogP contribution in [0.1, 0.15) is 45.9 Å². The van der Waals surface area contributed by atoms with Crippen molar-refractivity contribution in [3.8, 4) is 11.3 Å². The zero-order valence-electron chi connectivity index (χ0n) is 18.3. The van der Waals surface area contributed by atoms with Crippen LogP contribution in [0.15, 0.2) is 46.9 Å². The molecule has 166 valence electrons. The van der Waals surface area contributed by atoms with E-state index in [-0.39, 0.29) is 11.8 Å². The number of aryl methyl sites for hydroxylation is 2. The largest absolute Gasteiger partial charge is 0.481 e. The predicted octanol–water partition coefficient (Wildman–Crippen LogP) is 4.10. The Hall–Kier alpha value is -3.45. The molecule has 7 heteroatoms. The van der Waals surface area contributed by atoms with E-state index in [1.807, 2.05) is 61.2 Å². The second kappa shape index (κ2) is 8.96. The van der Waals surface area contributed by atoms with Crippen LogP contribution in [0.3, 0.4) is 0 Å². The van der Waals surface area contributed by atoms with Crippen LogP contribution in [-0.4, -0.2) is 28.5 Å². The Morgan fingerprint density at radius 1 is 1.19 bits per heavy atom. The number of para-hydroxylation sites is 1. The highest BCUT2D eigenvalue weighted by molar-refractivity contribution is 6.08. The molecule has 0 atom stereocenters. The Kier molecular flexibility index (Phi) is 6.10. The maximum atomic E-state index is 13.3. The summed E-state index contributed by atoms with van der Waals surface area (Å²) in [6.45, 7) is 4.86. The number of rotatable bonds is 3. The standard InChI is InChI=1S/C21H21N3O2.C4H6O2/c1-13-11-15(7-8-16(13)12-22)21(25)24-10-9-18-20(26-14(2)23-18)17-5-3-4-6-19(17)24;5-4(6)3-1-2-3/h3-8,11H,9-10,12,22H2,1-2H3;3H,1-2H2,(H,5,6). The van der Waals surface area contributed by atoms with Crippen molar-refractivity contribution in [2.24, 2.45) is 11.7 Å². The third kappa shape index (κ3) is 4.43. The summed E-state index contributed by atoms with van der Waals surface area (Å²) in [5.74, 6) is 0.784. The molecular weight excluding hydrogens is 406 g/mol. The predicted molar refractivity (Wildman–Crippen MR) is 121 cm³/mol. The van der Waals surface area contributed by atoms with Gasteiger partial charge in [-0.05, 0) is 55.2 Å². The highest BCUT2D eigenvalue weighted by Crippen LogP contribution is 2.37. The summed E-state index contributed by atoms with van der Waals surface area (Å²) in [4.78, 5) is 29.3. The molecule has 0 spiro atoms. The number of nitrogens with zero attached hydrogens (tertiary/aromatic N) is 2. The number of fused-ring (bicyclic) bond motifs is 3. The van der Waals surface area contributed by atoms with Crippen LogP contribution >= 0.6 is 0 Å². The maximum Gasteiger partial charge on any atom is 0.306 e. The van der Waals surface area contributed by atoms with Crippen molar-refractivity contribution < 1.29 is 19.1 Å². The fourth-order valence-electron chi connectivity index (χ4n) is 3.84. The highest BCUT2D eigenvalue weighted by Gasteiger charge is 2.29. The first-order chi connectivity index (χ1) is 15.4. The minimum absolute atomic E-state index is 0.0185. The summed E-state index contributed by atoms with van der Waals surface area (Å²) in [6, 6.07) is 13.5. The molecule has 3 aromatic rings. The molecule has 0 unspecified atom stereocenters. The average molecular weight is 434 g/mol. The zero-order chi connectivity index (χ0) is 22.8. The molecule has 1 aromatic heterocycles. The van der Waals surface area contributed by atoms with E-state index in [1.165, 1.54) is 0 Å². The smallest absolute Gasteiger partial charge is 0.306 e. The third-order valence-corrected chi connectivity index (χ3v) is 5.80. The molecule has 1 aliphatic heterocycles. The van der Waals surface area contributed by atoms with Gasteiger partial charge >= 0.3 is 5.97 Å². The minimum Gasteiger partial charge on any atom is -0.481 e. The number of hydrogen-bond acceptors (Lipinski definition) is 5. The van der Waals surface area contributed by atoms with Gasteiger partial charge in [0.25, 0.3) is 5.91 Å².